The second-order valence-corrected chi connectivity index (χ2v) is 10.9. The van der Waals surface area contributed by atoms with Crippen molar-refractivity contribution >= 4 is 27.8 Å². The Morgan fingerprint density at radius 3 is 2.81 bits per heavy atom. The van der Waals surface area contributed by atoms with Crippen LogP contribution >= 0.6 is 11.8 Å². The number of rotatable bonds is 9. The third-order valence-corrected chi connectivity index (χ3v) is 8.14. The van der Waals surface area contributed by atoms with Gasteiger partial charge in [-0.15, -0.1) is 0 Å². The number of carbonyl (C=O) groups is 1. The fourth-order valence-corrected chi connectivity index (χ4v) is 6.02. The van der Waals surface area contributed by atoms with Crippen LogP contribution in [0.1, 0.15) is 56.6 Å². The van der Waals surface area contributed by atoms with Gasteiger partial charge in [0.25, 0.3) is 0 Å². The highest BCUT2D eigenvalue weighted by molar-refractivity contribution is 8.15. The number of nitrogens with one attached hydrogen (secondary N) is 1. The van der Waals surface area contributed by atoms with Crippen molar-refractivity contribution in [3.63, 3.8) is 0 Å². The molecule has 2 aliphatic rings. The fraction of sp³-hybridized carbons (Fsp3) is 0.556. The van der Waals surface area contributed by atoms with Crippen LogP contribution in [0.4, 0.5) is 13.2 Å². The molecule has 2 atom stereocenters. The van der Waals surface area contributed by atoms with Crippen molar-refractivity contribution in [3.8, 4) is 0 Å². The average Bonchev–Trinajstić information content (AvgIpc) is 3.02. The van der Waals surface area contributed by atoms with E-state index in [0.29, 0.717) is 17.7 Å². The van der Waals surface area contributed by atoms with E-state index in [1.807, 2.05) is 19.9 Å². The molecule has 0 amide bonds. The summed E-state index contributed by atoms with van der Waals surface area (Å²) in [6.45, 7) is 9.28. The van der Waals surface area contributed by atoms with Gasteiger partial charge in [0, 0.05) is 30.2 Å². The highest BCUT2D eigenvalue weighted by atomic mass is 32.2. The zero-order valence-corrected chi connectivity index (χ0v) is 21.7. The number of fused-ring (bicyclic) bond motifs is 1. The first kappa shape index (κ1) is 26.9. The first-order valence-corrected chi connectivity index (χ1v) is 13.6. The normalized spacial score (nSPS) is 20.7. The van der Waals surface area contributed by atoms with Gasteiger partial charge >= 0.3 is 6.18 Å². The number of aromatic nitrogens is 1. The van der Waals surface area contributed by atoms with Crippen molar-refractivity contribution in [2.75, 3.05) is 39.3 Å². The lowest BCUT2D eigenvalue weighted by Crippen LogP contribution is -2.30. The molecule has 2 aromatic rings. The van der Waals surface area contributed by atoms with Crippen molar-refractivity contribution in [1.82, 2.24) is 15.2 Å². The molecule has 36 heavy (non-hydrogen) atoms. The molecule has 0 bridgehead atoms. The molecule has 4 rings (SSSR count). The van der Waals surface area contributed by atoms with Gasteiger partial charge in [-0.25, -0.2) is 0 Å². The SMILES string of the molecule is CC1=C(OCCCC(CCN2CCCNCC2)c2ccnc3cc(C(F)(F)F)ccc23)C(C)SC1=O. The predicted molar refractivity (Wildman–Crippen MR) is 138 cm³/mol. The molecule has 1 saturated heterocycles. The lowest BCUT2D eigenvalue weighted by Gasteiger charge is -2.25. The molecule has 1 aromatic carbocycles. The fourth-order valence-electron chi connectivity index (χ4n) is 5.07. The molecule has 1 aromatic heterocycles. The van der Waals surface area contributed by atoms with Crippen LogP contribution in [0.15, 0.2) is 41.8 Å². The lowest BCUT2D eigenvalue weighted by molar-refractivity contribution is -0.137. The number of ether oxygens (including phenoxy) is 1. The molecule has 3 heterocycles. The van der Waals surface area contributed by atoms with Crippen LogP contribution in [0.25, 0.3) is 10.9 Å². The Balaban J connectivity index is 1.50. The maximum atomic E-state index is 13.3. The highest BCUT2D eigenvalue weighted by Crippen LogP contribution is 2.36. The topological polar surface area (TPSA) is 54.5 Å². The van der Waals surface area contributed by atoms with Gasteiger partial charge in [0.05, 0.1) is 22.9 Å². The monoisotopic (exact) mass is 521 g/mol. The summed E-state index contributed by atoms with van der Waals surface area (Å²) in [6.07, 6.45) is 0.877. The van der Waals surface area contributed by atoms with Gasteiger partial charge in [-0.2, -0.15) is 13.2 Å². The van der Waals surface area contributed by atoms with Gasteiger partial charge in [-0.3, -0.25) is 9.78 Å². The summed E-state index contributed by atoms with van der Waals surface area (Å²) in [4.78, 5) is 18.6. The second-order valence-electron chi connectivity index (χ2n) is 9.59. The summed E-state index contributed by atoms with van der Waals surface area (Å²) in [7, 11) is 0. The Bertz CT molecular complexity index is 1100. The number of thioether (sulfide) groups is 1. The minimum atomic E-state index is -4.40. The summed E-state index contributed by atoms with van der Waals surface area (Å²) in [5.74, 6) is 0.937. The van der Waals surface area contributed by atoms with Crippen LogP contribution in [0.2, 0.25) is 0 Å². The van der Waals surface area contributed by atoms with E-state index in [2.05, 4.69) is 15.2 Å². The lowest BCUT2D eigenvalue weighted by atomic mass is 9.88. The van der Waals surface area contributed by atoms with Gasteiger partial charge in [0.1, 0.15) is 5.76 Å². The average molecular weight is 522 g/mol. The van der Waals surface area contributed by atoms with E-state index in [0.717, 1.165) is 87.2 Å². The van der Waals surface area contributed by atoms with E-state index in [4.69, 9.17) is 4.74 Å². The molecule has 0 radical (unpaired) electrons. The number of carbonyl (C=O) groups excluding carboxylic acids is 1. The standard InChI is InChI=1S/C27H34F3N3O2S/c1-18-25(19(2)36-26(18)34)35-16-3-5-20(9-14-33-13-4-10-31-12-15-33)22-8-11-32-24-17-21(27(28,29)30)6-7-23(22)24/h6-8,11,17,19-20,31H,3-5,9-10,12-16H2,1-2H3. The Kier molecular flexibility index (Phi) is 8.96. The van der Waals surface area contributed by atoms with E-state index >= 15 is 0 Å². The van der Waals surface area contributed by atoms with E-state index in [1.54, 1.807) is 12.3 Å². The molecule has 2 aliphatic heterocycles. The van der Waals surface area contributed by atoms with Crippen LogP contribution in [0, 0.1) is 0 Å². The van der Waals surface area contributed by atoms with Crippen molar-refractivity contribution in [3.05, 3.63) is 52.9 Å². The summed E-state index contributed by atoms with van der Waals surface area (Å²) in [6, 6.07) is 5.81. The third-order valence-electron chi connectivity index (χ3n) is 7.05. The molecule has 5 nitrogen and oxygen atoms in total. The molecular formula is C27H34F3N3O2S. The zero-order valence-electron chi connectivity index (χ0n) is 20.9. The molecule has 0 aliphatic carbocycles. The first-order chi connectivity index (χ1) is 17.2. The molecule has 9 heteroatoms. The van der Waals surface area contributed by atoms with Crippen molar-refractivity contribution in [2.24, 2.45) is 0 Å². The summed E-state index contributed by atoms with van der Waals surface area (Å²) < 4.78 is 45.8. The van der Waals surface area contributed by atoms with E-state index < -0.39 is 11.7 Å². The second kappa shape index (κ2) is 12.0. The van der Waals surface area contributed by atoms with E-state index in [9.17, 15) is 18.0 Å². The van der Waals surface area contributed by atoms with Crippen LogP contribution in [0.3, 0.4) is 0 Å². The van der Waals surface area contributed by atoms with Gasteiger partial charge < -0.3 is 15.0 Å². The van der Waals surface area contributed by atoms with Crippen LogP contribution in [0.5, 0.6) is 0 Å². The maximum Gasteiger partial charge on any atom is 0.416 e. The van der Waals surface area contributed by atoms with Gasteiger partial charge in [0.2, 0.25) is 5.12 Å². The first-order valence-electron chi connectivity index (χ1n) is 12.7. The number of benzene rings is 1. The summed E-state index contributed by atoms with van der Waals surface area (Å²) in [5.41, 5.74) is 1.43. The number of nitrogens with zero attached hydrogens (tertiary/aromatic N) is 2. The smallest absolute Gasteiger partial charge is 0.416 e. The van der Waals surface area contributed by atoms with E-state index in [-0.39, 0.29) is 16.3 Å². The van der Waals surface area contributed by atoms with Crippen molar-refractivity contribution in [2.45, 2.75) is 56.9 Å². The minimum absolute atomic E-state index is 0.0388. The number of hydrogen-bond donors (Lipinski definition) is 1. The van der Waals surface area contributed by atoms with E-state index in [1.165, 1.54) is 11.8 Å². The Labute approximate surface area is 214 Å². The molecule has 1 fully saturated rings. The van der Waals surface area contributed by atoms with Crippen molar-refractivity contribution < 1.29 is 22.7 Å². The molecule has 196 valence electrons. The Hall–Kier alpha value is -2.10. The molecule has 2 unspecified atom stereocenters. The largest absolute Gasteiger partial charge is 0.496 e. The maximum absolute atomic E-state index is 13.3. The van der Waals surface area contributed by atoms with Crippen molar-refractivity contribution in [1.29, 1.82) is 0 Å². The Morgan fingerprint density at radius 2 is 2.06 bits per heavy atom. The quantitative estimate of drug-likeness (QED) is 0.424. The number of hydrogen-bond acceptors (Lipinski definition) is 6. The van der Waals surface area contributed by atoms with Crippen LogP contribution < -0.4 is 5.32 Å². The number of halogens is 3. The van der Waals surface area contributed by atoms with Gasteiger partial charge in [-0.1, -0.05) is 17.8 Å². The van der Waals surface area contributed by atoms with Gasteiger partial charge in [0.15, 0.2) is 0 Å². The summed E-state index contributed by atoms with van der Waals surface area (Å²) in [5, 5.41) is 4.32. The zero-order chi connectivity index (χ0) is 25.7. The number of pyridine rings is 1. The van der Waals surface area contributed by atoms with Gasteiger partial charge in [-0.05, 0) is 88.8 Å². The predicted octanol–water partition coefficient (Wildman–Crippen LogP) is 5.76. The molecular weight excluding hydrogens is 487 g/mol. The molecule has 0 saturated carbocycles. The number of alkyl halides is 3. The van der Waals surface area contributed by atoms with Crippen LogP contribution in [-0.2, 0) is 15.7 Å². The molecule has 1 N–H and O–H groups in total. The Morgan fingerprint density at radius 1 is 1.22 bits per heavy atom. The summed E-state index contributed by atoms with van der Waals surface area (Å²) >= 11 is 1.29. The van der Waals surface area contributed by atoms with Crippen LogP contribution in [-0.4, -0.2) is 59.6 Å². The third kappa shape index (κ3) is 6.61. The minimum Gasteiger partial charge on any atom is -0.496 e. The molecule has 0 spiro atoms. The highest BCUT2D eigenvalue weighted by Gasteiger charge is 2.31.